The summed E-state index contributed by atoms with van der Waals surface area (Å²) in [4.78, 5) is 12.0. The molecule has 21 heavy (non-hydrogen) atoms. The van der Waals surface area contributed by atoms with E-state index in [1.54, 1.807) is 0 Å². The van der Waals surface area contributed by atoms with Gasteiger partial charge in [0.25, 0.3) is 0 Å². The first-order chi connectivity index (χ1) is 10.3. The van der Waals surface area contributed by atoms with Crippen LogP contribution in [0.5, 0.6) is 0 Å². The summed E-state index contributed by atoms with van der Waals surface area (Å²) in [6.07, 6.45) is 4.09. The number of carbonyl (C=O) groups excluding carboxylic acids is 1. The molecule has 1 heterocycles. The summed E-state index contributed by atoms with van der Waals surface area (Å²) in [7, 11) is 0. The Morgan fingerprint density at radius 1 is 1.43 bits per heavy atom. The number of hydrogen-bond donors (Lipinski definition) is 2. The summed E-state index contributed by atoms with van der Waals surface area (Å²) < 4.78 is 5.57. The second-order valence-electron chi connectivity index (χ2n) is 5.10. The maximum Gasteiger partial charge on any atom is 0.226 e. The predicted octanol–water partition coefficient (Wildman–Crippen LogP) is 2.32. The Bertz CT molecular complexity index is 524. The molecule has 1 aliphatic heterocycles. The van der Waals surface area contributed by atoms with Crippen molar-refractivity contribution >= 4 is 11.6 Å². The molecule has 1 aliphatic rings. The van der Waals surface area contributed by atoms with Crippen molar-refractivity contribution in [3.05, 3.63) is 29.8 Å². The van der Waals surface area contributed by atoms with Gasteiger partial charge in [0, 0.05) is 24.3 Å². The maximum absolute atomic E-state index is 12.0. The second-order valence-corrected chi connectivity index (χ2v) is 5.10. The first kappa shape index (κ1) is 15.6. The summed E-state index contributed by atoms with van der Waals surface area (Å²) in [5.74, 6) is 5.79. The lowest BCUT2D eigenvalue weighted by atomic mass is 10.1. The fourth-order valence-corrected chi connectivity index (χ4v) is 2.28. The highest BCUT2D eigenvalue weighted by Gasteiger charge is 2.17. The Morgan fingerprint density at radius 2 is 2.33 bits per heavy atom. The summed E-state index contributed by atoms with van der Waals surface area (Å²) in [6.45, 7) is 0.818. The summed E-state index contributed by atoms with van der Waals surface area (Å²) in [5, 5.41) is 11.6. The van der Waals surface area contributed by atoms with Crippen molar-refractivity contribution in [1.82, 2.24) is 0 Å². The first-order valence-corrected chi connectivity index (χ1v) is 7.39. The van der Waals surface area contributed by atoms with E-state index in [1.807, 2.05) is 24.3 Å². The summed E-state index contributed by atoms with van der Waals surface area (Å²) >= 11 is 0. The number of hydrogen-bond acceptors (Lipinski definition) is 3. The van der Waals surface area contributed by atoms with E-state index in [0.29, 0.717) is 12.8 Å². The number of amides is 1. The van der Waals surface area contributed by atoms with Gasteiger partial charge in [-0.05, 0) is 37.5 Å². The molecule has 0 saturated carbocycles. The lowest BCUT2D eigenvalue weighted by Crippen LogP contribution is -2.25. The summed E-state index contributed by atoms with van der Waals surface area (Å²) in [5.41, 5.74) is 1.57. The summed E-state index contributed by atoms with van der Waals surface area (Å²) in [6, 6.07) is 7.42. The molecular weight excluding hydrogens is 266 g/mol. The quantitative estimate of drug-likeness (QED) is 0.836. The molecule has 0 spiro atoms. The van der Waals surface area contributed by atoms with Crippen molar-refractivity contribution in [2.75, 3.05) is 18.5 Å². The molecule has 0 radical (unpaired) electrons. The smallest absolute Gasteiger partial charge is 0.226 e. The van der Waals surface area contributed by atoms with Crippen LogP contribution in [0.3, 0.4) is 0 Å². The fraction of sp³-hybridized carbons (Fsp3) is 0.471. The van der Waals surface area contributed by atoms with Crippen LogP contribution in [0.25, 0.3) is 0 Å². The molecule has 1 fully saturated rings. The molecule has 2 rings (SSSR count). The van der Waals surface area contributed by atoms with Crippen molar-refractivity contribution in [1.29, 1.82) is 0 Å². The first-order valence-electron chi connectivity index (χ1n) is 7.39. The van der Waals surface area contributed by atoms with Gasteiger partial charge in [0.05, 0.1) is 19.1 Å². The van der Waals surface area contributed by atoms with E-state index in [2.05, 4.69) is 17.2 Å². The SMILES string of the molecule is O=C(CC1CCCCO1)Nc1cccc(C#CCCO)c1. The van der Waals surface area contributed by atoms with Gasteiger partial charge in [-0.2, -0.15) is 0 Å². The zero-order valence-electron chi connectivity index (χ0n) is 12.1. The van der Waals surface area contributed by atoms with Crippen molar-refractivity contribution in [2.45, 2.75) is 38.2 Å². The average molecular weight is 287 g/mol. The van der Waals surface area contributed by atoms with Crippen LogP contribution in [0, 0.1) is 11.8 Å². The number of aliphatic hydroxyl groups excluding tert-OH is 1. The van der Waals surface area contributed by atoms with Gasteiger partial charge in [0.15, 0.2) is 0 Å². The maximum atomic E-state index is 12.0. The van der Waals surface area contributed by atoms with Gasteiger partial charge in [0.2, 0.25) is 5.91 Å². The van der Waals surface area contributed by atoms with Crippen LogP contribution in [0.1, 0.15) is 37.7 Å². The van der Waals surface area contributed by atoms with Gasteiger partial charge in [-0.15, -0.1) is 0 Å². The van der Waals surface area contributed by atoms with Crippen LogP contribution >= 0.6 is 0 Å². The number of nitrogens with one attached hydrogen (secondary N) is 1. The van der Waals surface area contributed by atoms with Gasteiger partial charge in [-0.3, -0.25) is 4.79 Å². The fourth-order valence-electron chi connectivity index (χ4n) is 2.28. The Hall–Kier alpha value is -1.83. The Kier molecular flexibility index (Phi) is 6.26. The normalized spacial score (nSPS) is 17.7. The standard InChI is InChI=1S/C17H21NO3/c19-10-3-1-6-14-7-5-8-15(12-14)18-17(20)13-16-9-2-4-11-21-16/h5,7-8,12,16,19H,2-4,9-11,13H2,(H,18,20). The van der Waals surface area contributed by atoms with Gasteiger partial charge in [-0.1, -0.05) is 17.9 Å². The third-order valence-electron chi connectivity index (χ3n) is 3.30. The van der Waals surface area contributed by atoms with E-state index < -0.39 is 0 Å². The third kappa shape index (κ3) is 5.58. The van der Waals surface area contributed by atoms with E-state index in [1.165, 1.54) is 0 Å². The van der Waals surface area contributed by atoms with E-state index in [-0.39, 0.29) is 18.6 Å². The molecule has 1 amide bonds. The molecule has 4 heteroatoms. The predicted molar refractivity (Wildman–Crippen MR) is 81.9 cm³/mol. The highest BCUT2D eigenvalue weighted by Crippen LogP contribution is 2.17. The molecule has 1 atom stereocenters. The molecule has 0 aromatic heterocycles. The number of carbonyl (C=O) groups is 1. The lowest BCUT2D eigenvalue weighted by molar-refractivity contribution is -0.119. The molecule has 1 saturated heterocycles. The Balaban J connectivity index is 1.88. The van der Waals surface area contributed by atoms with Crippen molar-refractivity contribution in [3.8, 4) is 11.8 Å². The third-order valence-corrected chi connectivity index (χ3v) is 3.30. The van der Waals surface area contributed by atoms with Crippen LogP contribution in [-0.2, 0) is 9.53 Å². The molecule has 4 nitrogen and oxygen atoms in total. The van der Waals surface area contributed by atoms with Gasteiger partial charge < -0.3 is 15.2 Å². The molecule has 2 N–H and O–H groups in total. The number of anilines is 1. The topological polar surface area (TPSA) is 58.6 Å². The van der Waals surface area contributed by atoms with Crippen molar-refractivity contribution < 1.29 is 14.6 Å². The van der Waals surface area contributed by atoms with Crippen molar-refractivity contribution in [2.24, 2.45) is 0 Å². The van der Waals surface area contributed by atoms with Crippen LogP contribution in [0.4, 0.5) is 5.69 Å². The van der Waals surface area contributed by atoms with Gasteiger partial charge >= 0.3 is 0 Å². The van der Waals surface area contributed by atoms with Gasteiger partial charge in [-0.25, -0.2) is 0 Å². The number of aliphatic hydroxyl groups is 1. The minimum absolute atomic E-state index is 0.0256. The Morgan fingerprint density at radius 3 is 3.10 bits per heavy atom. The minimum Gasteiger partial charge on any atom is -0.395 e. The van der Waals surface area contributed by atoms with E-state index in [4.69, 9.17) is 9.84 Å². The van der Waals surface area contributed by atoms with E-state index in [0.717, 1.165) is 37.1 Å². The molecule has 0 bridgehead atoms. The zero-order chi connectivity index (χ0) is 14.9. The largest absolute Gasteiger partial charge is 0.395 e. The highest BCUT2D eigenvalue weighted by atomic mass is 16.5. The highest BCUT2D eigenvalue weighted by molar-refractivity contribution is 5.91. The molecular formula is C17H21NO3. The Labute approximate surface area is 125 Å². The molecule has 1 aromatic rings. The molecule has 1 aromatic carbocycles. The zero-order valence-corrected chi connectivity index (χ0v) is 12.1. The lowest BCUT2D eigenvalue weighted by Gasteiger charge is -2.21. The molecule has 0 aliphatic carbocycles. The van der Waals surface area contributed by atoms with Crippen molar-refractivity contribution in [3.63, 3.8) is 0 Å². The number of rotatable bonds is 4. The monoisotopic (exact) mass is 287 g/mol. The minimum atomic E-state index is -0.0256. The second kappa shape index (κ2) is 8.46. The van der Waals surface area contributed by atoms with E-state index in [9.17, 15) is 4.79 Å². The van der Waals surface area contributed by atoms with Crippen LogP contribution in [-0.4, -0.2) is 30.3 Å². The molecule has 1 unspecified atom stereocenters. The molecule has 112 valence electrons. The van der Waals surface area contributed by atoms with Gasteiger partial charge in [0.1, 0.15) is 0 Å². The average Bonchev–Trinajstić information content (AvgIpc) is 2.49. The number of ether oxygens (including phenoxy) is 1. The van der Waals surface area contributed by atoms with Crippen LogP contribution < -0.4 is 5.32 Å². The van der Waals surface area contributed by atoms with Crippen LogP contribution in [0.15, 0.2) is 24.3 Å². The van der Waals surface area contributed by atoms with Crippen LogP contribution in [0.2, 0.25) is 0 Å². The number of benzene rings is 1. The van der Waals surface area contributed by atoms with E-state index >= 15 is 0 Å².